The van der Waals surface area contributed by atoms with Crippen molar-refractivity contribution in [1.82, 2.24) is 10.2 Å². The van der Waals surface area contributed by atoms with Gasteiger partial charge in [0, 0.05) is 7.05 Å². The van der Waals surface area contributed by atoms with Crippen LogP contribution in [0.4, 0.5) is 5.69 Å². The van der Waals surface area contributed by atoms with Gasteiger partial charge in [0.05, 0.1) is 41.3 Å². The lowest BCUT2D eigenvalue weighted by molar-refractivity contribution is -0.144. The maximum atomic E-state index is 13.5. The summed E-state index contributed by atoms with van der Waals surface area (Å²) in [7, 11) is 1.53. The van der Waals surface area contributed by atoms with Gasteiger partial charge in [-0.25, -0.2) is 0 Å². The second-order valence-corrected chi connectivity index (χ2v) is 8.54. The number of ether oxygens (including phenoxy) is 1. The number of aliphatic hydroxyl groups excluding tert-OH is 1. The standard InChI is InChI=1S/C21H26ClN3O5/c1-3-11(10-26)25-17(19(28)24-13-7-5-4-6-12(13)22)21-9-8-14(30-21)15(18(27)23-2)16(21)20(25)29/h4-7,11,14-17,26H,3,8-10H2,1-2H3,(H,23,27)(H,24,28)/t11-,14-,15+,16-,17?,21?/m0/s1. The van der Waals surface area contributed by atoms with E-state index in [2.05, 4.69) is 10.6 Å². The van der Waals surface area contributed by atoms with E-state index in [9.17, 15) is 19.5 Å². The van der Waals surface area contributed by atoms with Gasteiger partial charge < -0.3 is 25.4 Å². The smallest absolute Gasteiger partial charge is 0.250 e. The van der Waals surface area contributed by atoms with Gasteiger partial charge in [0.1, 0.15) is 11.6 Å². The molecule has 162 valence electrons. The largest absolute Gasteiger partial charge is 0.394 e. The van der Waals surface area contributed by atoms with Crippen molar-refractivity contribution >= 4 is 35.0 Å². The summed E-state index contributed by atoms with van der Waals surface area (Å²) in [6.45, 7) is 1.56. The van der Waals surface area contributed by atoms with E-state index in [1.165, 1.54) is 11.9 Å². The quantitative estimate of drug-likeness (QED) is 0.621. The fraction of sp³-hybridized carbons (Fsp3) is 0.571. The highest BCUT2D eigenvalue weighted by atomic mass is 35.5. The van der Waals surface area contributed by atoms with E-state index in [0.717, 1.165) is 0 Å². The van der Waals surface area contributed by atoms with Gasteiger partial charge in [0.2, 0.25) is 17.7 Å². The fourth-order valence-electron chi connectivity index (χ4n) is 5.43. The number of carbonyl (C=O) groups excluding carboxylic acids is 3. The minimum atomic E-state index is -1.09. The van der Waals surface area contributed by atoms with E-state index >= 15 is 0 Å². The zero-order chi connectivity index (χ0) is 21.6. The summed E-state index contributed by atoms with van der Waals surface area (Å²) in [5, 5.41) is 15.8. The van der Waals surface area contributed by atoms with Crippen molar-refractivity contribution in [3.63, 3.8) is 0 Å². The minimum absolute atomic E-state index is 0.260. The molecule has 0 saturated carbocycles. The third-order valence-corrected chi connectivity index (χ3v) is 7.07. The van der Waals surface area contributed by atoms with E-state index in [0.29, 0.717) is 30.0 Å². The zero-order valence-electron chi connectivity index (χ0n) is 16.9. The molecule has 3 amide bonds. The molecule has 2 bridgehead atoms. The van der Waals surface area contributed by atoms with E-state index in [1.807, 2.05) is 6.92 Å². The molecule has 0 aromatic heterocycles. The third-order valence-electron chi connectivity index (χ3n) is 6.74. The first-order chi connectivity index (χ1) is 14.4. The van der Waals surface area contributed by atoms with Crippen LogP contribution in [-0.4, -0.2) is 65.2 Å². The number of para-hydroxylation sites is 1. The summed E-state index contributed by atoms with van der Waals surface area (Å²) in [5.74, 6) is -2.40. The molecule has 1 spiro atoms. The van der Waals surface area contributed by atoms with Crippen molar-refractivity contribution < 1.29 is 24.2 Å². The molecule has 3 aliphatic rings. The Bertz CT molecular complexity index is 876. The summed E-state index contributed by atoms with van der Waals surface area (Å²) in [6, 6.07) is 5.35. The summed E-state index contributed by atoms with van der Waals surface area (Å²) in [6.07, 6.45) is 1.17. The van der Waals surface area contributed by atoms with Crippen molar-refractivity contribution in [2.45, 2.75) is 50.0 Å². The maximum absolute atomic E-state index is 13.5. The highest BCUT2D eigenvalue weighted by molar-refractivity contribution is 6.33. The van der Waals surface area contributed by atoms with E-state index < -0.39 is 41.5 Å². The highest BCUT2D eigenvalue weighted by Gasteiger charge is 2.74. The molecule has 2 unspecified atom stereocenters. The van der Waals surface area contributed by atoms with Gasteiger partial charge >= 0.3 is 0 Å². The maximum Gasteiger partial charge on any atom is 0.250 e. The van der Waals surface area contributed by atoms with Gasteiger partial charge in [-0.05, 0) is 31.4 Å². The molecule has 1 aromatic rings. The number of carbonyl (C=O) groups is 3. The summed E-state index contributed by atoms with van der Waals surface area (Å²) < 4.78 is 6.26. The first-order valence-electron chi connectivity index (χ1n) is 10.3. The highest BCUT2D eigenvalue weighted by Crippen LogP contribution is 2.58. The second kappa shape index (κ2) is 7.83. The van der Waals surface area contributed by atoms with Crippen LogP contribution in [0.25, 0.3) is 0 Å². The Morgan fingerprint density at radius 3 is 2.73 bits per heavy atom. The van der Waals surface area contributed by atoms with Gasteiger partial charge in [-0.2, -0.15) is 0 Å². The van der Waals surface area contributed by atoms with Crippen LogP contribution >= 0.6 is 11.6 Å². The molecule has 3 heterocycles. The lowest BCUT2D eigenvalue weighted by Crippen LogP contribution is -2.56. The number of hydrogen-bond donors (Lipinski definition) is 3. The molecule has 3 N–H and O–H groups in total. The van der Waals surface area contributed by atoms with Crippen molar-refractivity contribution in [1.29, 1.82) is 0 Å². The van der Waals surface area contributed by atoms with Crippen LogP contribution in [0, 0.1) is 11.8 Å². The monoisotopic (exact) mass is 435 g/mol. The molecule has 3 fully saturated rings. The first-order valence-corrected chi connectivity index (χ1v) is 10.6. The topological polar surface area (TPSA) is 108 Å². The molecule has 0 radical (unpaired) electrons. The minimum Gasteiger partial charge on any atom is -0.394 e. The van der Waals surface area contributed by atoms with Crippen molar-refractivity contribution in [3.8, 4) is 0 Å². The van der Waals surface area contributed by atoms with Gasteiger partial charge in [0.15, 0.2) is 0 Å². The van der Waals surface area contributed by atoms with Crippen LogP contribution < -0.4 is 10.6 Å². The first kappa shape index (κ1) is 21.1. The third kappa shape index (κ3) is 2.92. The van der Waals surface area contributed by atoms with Gasteiger partial charge in [-0.15, -0.1) is 0 Å². The molecule has 0 aliphatic carbocycles. The van der Waals surface area contributed by atoms with Crippen LogP contribution in [0.3, 0.4) is 0 Å². The number of rotatable bonds is 6. The predicted octanol–water partition coefficient (Wildman–Crippen LogP) is 1.17. The summed E-state index contributed by atoms with van der Waals surface area (Å²) >= 11 is 6.21. The predicted molar refractivity (Wildman–Crippen MR) is 110 cm³/mol. The number of hydrogen-bond acceptors (Lipinski definition) is 5. The fourth-order valence-corrected chi connectivity index (χ4v) is 5.61. The van der Waals surface area contributed by atoms with Crippen molar-refractivity contribution in [2.75, 3.05) is 19.0 Å². The lowest BCUT2D eigenvalue weighted by Gasteiger charge is -2.36. The lowest BCUT2D eigenvalue weighted by atomic mass is 9.70. The van der Waals surface area contributed by atoms with Gasteiger partial charge in [-0.1, -0.05) is 30.7 Å². The second-order valence-electron chi connectivity index (χ2n) is 8.13. The number of nitrogens with one attached hydrogen (secondary N) is 2. The van der Waals surface area contributed by atoms with Gasteiger partial charge in [0.25, 0.3) is 0 Å². The number of aliphatic hydroxyl groups is 1. The molecule has 3 aliphatic heterocycles. The normalized spacial score (nSPS) is 32.8. The number of likely N-dealkylation sites (tertiary alicyclic amines) is 1. The molecule has 4 rings (SSSR count). The summed E-state index contributed by atoms with van der Waals surface area (Å²) in [4.78, 5) is 41.1. The summed E-state index contributed by atoms with van der Waals surface area (Å²) in [5.41, 5.74) is -0.656. The molecular weight excluding hydrogens is 410 g/mol. The average molecular weight is 436 g/mol. The van der Waals surface area contributed by atoms with Crippen LogP contribution in [0.5, 0.6) is 0 Å². The number of fused-ring (bicyclic) bond motifs is 1. The van der Waals surface area contributed by atoms with Crippen LogP contribution in [0.15, 0.2) is 24.3 Å². The van der Waals surface area contributed by atoms with E-state index in [1.54, 1.807) is 24.3 Å². The van der Waals surface area contributed by atoms with Crippen LogP contribution in [0.2, 0.25) is 5.02 Å². The Labute approximate surface area is 179 Å². The molecule has 30 heavy (non-hydrogen) atoms. The van der Waals surface area contributed by atoms with Crippen molar-refractivity contribution in [2.24, 2.45) is 11.8 Å². The number of nitrogens with zero attached hydrogens (tertiary/aromatic N) is 1. The molecule has 1 aromatic carbocycles. The SMILES string of the molecule is CC[C@@H](CO)N1C(=O)[C@@H]2[C@H](C(=O)NC)[C@@H]3CCC2(O3)C1C(=O)Nc1ccccc1Cl. The molecule has 6 atom stereocenters. The Morgan fingerprint density at radius 2 is 2.10 bits per heavy atom. The van der Waals surface area contributed by atoms with Crippen molar-refractivity contribution in [3.05, 3.63) is 29.3 Å². The molecule has 8 nitrogen and oxygen atoms in total. The van der Waals surface area contributed by atoms with E-state index in [4.69, 9.17) is 16.3 Å². The molecule has 3 saturated heterocycles. The van der Waals surface area contributed by atoms with Crippen LogP contribution in [-0.2, 0) is 19.1 Å². The number of halogens is 1. The van der Waals surface area contributed by atoms with Crippen LogP contribution in [0.1, 0.15) is 26.2 Å². The Balaban J connectivity index is 1.76. The number of anilines is 1. The molecular formula is C21H26ClN3O5. The Hall–Kier alpha value is -2.16. The Morgan fingerprint density at radius 1 is 1.37 bits per heavy atom. The number of amides is 3. The average Bonchev–Trinajstić information content (AvgIpc) is 3.38. The Kier molecular flexibility index (Phi) is 5.50. The van der Waals surface area contributed by atoms with Gasteiger partial charge in [-0.3, -0.25) is 14.4 Å². The molecule has 9 heteroatoms. The number of benzene rings is 1. The zero-order valence-corrected chi connectivity index (χ0v) is 17.7. The van der Waals surface area contributed by atoms with E-state index in [-0.39, 0.29) is 18.4 Å².